The molecule has 94 valence electrons. The zero-order valence-electron chi connectivity index (χ0n) is 10.0. The molecule has 0 bridgehead atoms. The monoisotopic (exact) mass is 308 g/mol. The SMILES string of the molecule is CN1C(=O)[C@@H]2CCCN2C(=O)c2cc(Br)ccc21. The molecule has 1 fully saturated rings. The van der Waals surface area contributed by atoms with E-state index in [-0.39, 0.29) is 17.9 Å². The first-order valence-corrected chi connectivity index (χ1v) is 6.77. The number of fused-ring (bicyclic) bond motifs is 2. The summed E-state index contributed by atoms with van der Waals surface area (Å²) in [4.78, 5) is 28.1. The van der Waals surface area contributed by atoms with Crippen molar-refractivity contribution in [3.63, 3.8) is 0 Å². The van der Waals surface area contributed by atoms with Gasteiger partial charge in [-0.3, -0.25) is 9.59 Å². The Balaban J connectivity index is 2.18. The summed E-state index contributed by atoms with van der Waals surface area (Å²) in [6, 6.07) is 5.18. The zero-order chi connectivity index (χ0) is 12.9. The first kappa shape index (κ1) is 11.7. The molecule has 1 saturated heterocycles. The van der Waals surface area contributed by atoms with Gasteiger partial charge in [-0.15, -0.1) is 0 Å². The molecule has 0 unspecified atom stereocenters. The van der Waals surface area contributed by atoms with Crippen LogP contribution < -0.4 is 4.90 Å². The van der Waals surface area contributed by atoms with E-state index < -0.39 is 0 Å². The highest BCUT2D eigenvalue weighted by Gasteiger charge is 2.40. The summed E-state index contributed by atoms with van der Waals surface area (Å²) in [6.07, 6.45) is 1.67. The first-order chi connectivity index (χ1) is 8.59. The molecule has 1 aromatic carbocycles. The average Bonchev–Trinajstić information content (AvgIpc) is 2.82. The minimum Gasteiger partial charge on any atom is -0.327 e. The second kappa shape index (κ2) is 4.09. The molecule has 0 radical (unpaired) electrons. The van der Waals surface area contributed by atoms with Crippen LogP contribution in [0.5, 0.6) is 0 Å². The van der Waals surface area contributed by atoms with Gasteiger partial charge in [0.1, 0.15) is 6.04 Å². The van der Waals surface area contributed by atoms with Gasteiger partial charge in [0.2, 0.25) is 5.91 Å². The van der Waals surface area contributed by atoms with Crippen molar-refractivity contribution in [2.75, 3.05) is 18.5 Å². The third-order valence-electron chi connectivity index (χ3n) is 3.68. The molecule has 0 N–H and O–H groups in total. The van der Waals surface area contributed by atoms with Gasteiger partial charge < -0.3 is 9.80 Å². The molecule has 0 saturated carbocycles. The normalized spacial score (nSPS) is 22.9. The molecule has 5 heteroatoms. The largest absolute Gasteiger partial charge is 0.327 e. The summed E-state index contributed by atoms with van der Waals surface area (Å²) >= 11 is 3.38. The van der Waals surface area contributed by atoms with E-state index in [2.05, 4.69) is 15.9 Å². The second-order valence-corrected chi connectivity index (χ2v) is 5.63. The van der Waals surface area contributed by atoms with Gasteiger partial charge in [-0.1, -0.05) is 15.9 Å². The molecule has 18 heavy (non-hydrogen) atoms. The minimum absolute atomic E-state index is 0.0157. The number of rotatable bonds is 0. The van der Waals surface area contributed by atoms with Crippen LogP contribution in [0.4, 0.5) is 5.69 Å². The van der Waals surface area contributed by atoms with Crippen LogP contribution in [0, 0.1) is 0 Å². The zero-order valence-corrected chi connectivity index (χ0v) is 11.6. The van der Waals surface area contributed by atoms with Crippen LogP contribution in [0.15, 0.2) is 22.7 Å². The minimum atomic E-state index is -0.284. The number of hydrogen-bond donors (Lipinski definition) is 0. The van der Waals surface area contributed by atoms with E-state index in [1.807, 2.05) is 12.1 Å². The Bertz CT molecular complexity index is 544. The van der Waals surface area contributed by atoms with Crippen LogP contribution in [0.25, 0.3) is 0 Å². The number of nitrogens with zero attached hydrogens (tertiary/aromatic N) is 2. The van der Waals surface area contributed by atoms with Gasteiger partial charge >= 0.3 is 0 Å². The van der Waals surface area contributed by atoms with E-state index >= 15 is 0 Å². The molecular formula is C13H13BrN2O2. The maximum atomic E-state index is 12.5. The van der Waals surface area contributed by atoms with Crippen LogP contribution >= 0.6 is 15.9 Å². The lowest BCUT2D eigenvalue weighted by Crippen LogP contribution is -2.43. The number of carbonyl (C=O) groups is 2. The Morgan fingerprint density at radius 3 is 2.89 bits per heavy atom. The Morgan fingerprint density at radius 2 is 2.11 bits per heavy atom. The molecule has 2 aliphatic rings. The predicted octanol–water partition coefficient (Wildman–Crippen LogP) is 2.03. The fourth-order valence-electron chi connectivity index (χ4n) is 2.74. The molecule has 2 aliphatic heterocycles. The molecule has 2 amide bonds. The van der Waals surface area contributed by atoms with Gasteiger partial charge in [0.05, 0.1) is 11.3 Å². The van der Waals surface area contributed by atoms with E-state index in [9.17, 15) is 9.59 Å². The van der Waals surface area contributed by atoms with Crippen molar-refractivity contribution in [1.82, 2.24) is 4.90 Å². The van der Waals surface area contributed by atoms with Gasteiger partial charge in [0.15, 0.2) is 0 Å². The summed E-state index contributed by atoms with van der Waals surface area (Å²) in [5.74, 6) is -0.0200. The lowest BCUT2D eigenvalue weighted by atomic mass is 10.1. The van der Waals surface area contributed by atoms with Crippen LogP contribution in [-0.4, -0.2) is 36.3 Å². The van der Waals surface area contributed by atoms with Crippen molar-refractivity contribution in [3.05, 3.63) is 28.2 Å². The highest BCUT2D eigenvalue weighted by atomic mass is 79.9. The van der Waals surface area contributed by atoms with Gasteiger partial charge in [-0.2, -0.15) is 0 Å². The molecular weight excluding hydrogens is 296 g/mol. The Kier molecular flexibility index (Phi) is 2.66. The summed E-state index contributed by atoms with van der Waals surface area (Å²) in [6.45, 7) is 0.676. The van der Waals surface area contributed by atoms with Crippen LogP contribution in [0.3, 0.4) is 0 Å². The highest BCUT2D eigenvalue weighted by Crippen LogP contribution is 2.32. The standard InChI is InChI=1S/C13H13BrN2O2/c1-15-10-5-4-8(14)7-9(10)12(17)16-6-2-3-11(16)13(15)18/h4-5,7,11H,2-3,6H2,1H3/t11-/m0/s1. The smallest absolute Gasteiger partial charge is 0.256 e. The van der Waals surface area contributed by atoms with Gasteiger partial charge in [0.25, 0.3) is 5.91 Å². The Morgan fingerprint density at radius 1 is 1.33 bits per heavy atom. The van der Waals surface area contributed by atoms with Crippen LogP contribution in [0.1, 0.15) is 23.2 Å². The van der Waals surface area contributed by atoms with Crippen molar-refractivity contribution in [1.29, 1.82) is 0 Å². The van der Waals surface area contributed by atoms with Crippen LogP contribution in [0.2, 0.25) is 0 Å². The molecule has 4 nitrogen and oxygen atoms in total. The fourth-order valence-corrected chi connectivity index (χ4v) is 3.10. The molecule has 2 heterocycles. The van der Waals surface area contributed by atoms with Crippen molar-refractivity contribution in [2.24, 2.45) is 0 Å². The van der Waals surface area contributed by atoms with E-state index in [1.165, 1.54) is 0 Å². The van der Waals surface area contributed by atoms with Crippen molar-refractivity contribution in [2.45, 2.75) is 18.9 Å². The lowest BCUT2D eigenvalue weighted by Gasteiger charge is -2.22. The van der Waals surface area contributed by atoms with Gasteiger partial charge in [-0.25, -0.2) is 0 Å². The summed E-state index contributed by atoms with van der Waals surface area (Å²) < 4.78 is 0.855. The number of amides is 2. The van der Waals surface area contributed by atoms with E-state index in [0.29, 0.717) is 17.8 Å². The maximum absolute atomic E-state index is 12.5. The number of carbonyl (C=O) groups excluding carboxylic acids is 2. The molecule has 3 rings (SSSR count). The van der Waals surface area contributed by atoms with Gasteiger partial charge in [0, 0.05) is 18.1 Å². The van der Waals surface area contributed by atoms with E-state index in [1.54, 1.807) is 22.9 Å². The molecule has 1 atom stereocenters. The van der Waals surface area contributed by atoms with Crippen molar-refractivity contribution < 1.29 is 9.59 Å². The van der Waals surface area contributed by atoms with E-state index in [4.69, 9.17) is 0 Å². The molecule has 1 aromatic rings. The summed E-state index contributed by atoms with van der Waals surface area (Å²) in [7, 11) is 1.74. The number of hydrogen-bond acceptors (Lipinski definition) is 2. The molecule has 0 aromatic heterocycles. The van der Waals surface area contributed by atoms with Gasteiger partial charge in [-0.05, 0) is 31.0 Å². The summed E-state index contributed by atoms with van der Waals surface area (Å²) in [5.41, 5.74) is 1.30. The topological polar surface area (TPSA) is 40.6 Å². The lowest BCUT2D eigenvalue weighted by molar-refractivity contribution is -0.121. The first-order valence-electron chi connectivity index (χ1n) is 5.97. The second-order valence-electron chi connectivity index (χ2n) is 4.72. The highest BCUT2D eigenvalue weighted by molar-refractivity contribution is 9.10. The third-order valence-corrected chi connectivity index (χ3v) is 4.17. The number of halogens is 1. The Labute approximate surface area is 114 Å². The summed E-state index contributed by atoms with van der Waals surface area (Å²) in [5, 5.41) is 0. The maximum Gasteiger partial charge on any atom is 0.256 e. The third kappa shape index (κ3) is 1.57. The number of likely N-dealkylation sites (N-methyl/N-ethyl adjacent to an activating group) is 1. The van der Waals surface area contributed by atoms with Crippen LogP contribution in [-0.2, 0) is 4.79 Å². The fraction of sp³-hybridized carbons (Fsp3) is 0.385. The quantitative estimate of drug-likeness (QED) is 0.736. The van der Waals surface area contributed by atoms with Crippen molar-refractivity contribution >= 4 is 33.4 Å². The average molecular weight is 309 g/mol. The Hall–Kier alpha value is -1.36. The van der Waals surface area contributed by atoms with E-state index in [0.717, 1.165) is 17.3 Å². The number of benzene rings is 1. The molecule has 0 aliphatic carbocycles. The van der Waals surface area contributed by atoms with Crippen molar-refractivity contribution in [3.8, 4) is 0 Å². The predicted molar refractivity (Wildman–Crippen MR) is 71.6 cm³/mol. The molecule has 0 spiro atoms. The number of anilines is 1.